The molecule has 1 unspecified atom stereocenters. The first-order valence-corrected chi connectivity index (χ1v) is 14.1. The molecule has 3 rings (SSSR count). The Hall–Kier alpha value is -2.58. The average Bonchev–Trinajstić information content (AvgIpc) is 3.30. The molecule has 35 heavy (non-hydrogen) atoms. The van der Waals surface area contributed by atoms with Crippen LogP contribution in [-0.2, 0) is 26.2 Å². The van der Waals surface area contributed by atoms with E-state index in [1.807, 2.05) is 26.0 Å². The van der Waals surface area contributed by atoms with Crippen LogP contribution in [0.3, 0.4) is 0 Å². The Morgan fingerprint density at radius 2 is 1.74 bits per heavy atom. The molecule has 9 heteroatoms. The molecule has 0 aromatic heterocycles. The maximum Gasteiger partial charge on any atom is 0.244 e. The zero-order valence-corrected chi connectivity index (χ0v) is 22.3. The molecule has 0 aliphatic heterocycles. The summed E-state index contributed by atoms with van der Waals surface area (Å²) in [5.74, 6) is -0.736. The van der Waals surface area contributed by atoms with Crippen LogP contribution in [0.1, 0.15) is 49.3 Å². The van der Waals surface area contributed by atoms with Gasteiger partial charge in [-0.3, -0.25) is 13.9 Å². The minimum absolute atomic E-state index is 0.0855. The smallest absolute Gasteiger partial charge is 0.244 e. The van der Waals surface area contributed by atoms with Crippen molar-refractivity contribution in [3.63, 3.8) is 0 Å². The van der Waals surface area contributed by atoms with E-state index in [9.17, 15) is 18.0 Å². The van der Waals surface area contributed by atoms with Gasteiger partial charge in [0, 0.05) is 17.6 Å². The van der Waals surface area contributed by atoms with E-state index in [4.69, 9.17) is 11.6 Å². The fourth-order valence-electron chi connectivity index (χ4n) is 4.39. The van der Waals surface area contributed by atoms with Crippen molar-refractivity contribution in [3.05, 3.63) is 64.2 Å². The lowest BCUT2D eigenvalue weighted by atomic mass is 10.1. The van der Waals surface area contributed by atoms with Crippen molar-refractivity contribution in [2.75, 3.05) is 17.1 Å². The molecule has 1 atom stereocenters. The summed E-state index contributed by atoms with van der Waals surface area (Å²) >= 11 is 6.36. The summed E-state index contributed by atoms with van der Waals surface area (Å²) in [5.41, 5.74) is 2.82. The minimum atomic E-state index is -3.77. The van der Waals surface area contributed by atoms with Crippen LogP contribution in [0, 0.1) is 13.8 Å². The van der Waals surface area contributed by atoms with Crippen molar-refractivity contribution in [1.29, 1.82) is 0 Å². The Morgan fingerprint density at radius 3 is 2.37 bits per heavy atom. The first-order chi connectivity index (χ1) is 16.5. The molecule has 1 N–H and O–H groups in total. The van der Waals surface area contributed by atoms with E-state index in [1.165, 1.54) is 4.90 Å². The quantitative estimate of drug-likeness (QED) is 0.538. The van der Waals surface area contributed by atoms with Gasteiger partial charge in [0.1, 0.15) is 12.6 Å². The molecule has 1 aliphatic carbocycles. The SMILES string of the molecule is Cc1cccc(N(CC(=O)N(Cc2ccccc2Cl)C(C)C(=O)NC2CCCC2)S(C)(=O)=O)c1C. The zero-order chi connectivity index (χ0) is 25.8. The lowest BCUT2D eigenvalue weighted by Gasteiger charge is -2.32. The van der Waals surface area contributed by atoms with Crippen molar-refractivity contribution in [3.8, 4) is 0 Å². The Morgan fingerprint density at radius 1 is 1.09 bits per heavy atom. The van der Waals surface area contributed by atoms with Crippen LogP contribution in [0.2, 0.25) is 5.02 Å². The maximum absolute atomic E-state index is 13.7. The van der Waals surface area contributed by atoms with Crippen molar-refractivity contribution >= 4 is 39.1 Å². The fourth-order valence-corrected chi connectivity index (χ4v) is 5.48. The molecule has 0 bridgehead atoms. The van der Waals surface area contributed by atoms with E-state index in [1.54, 1.807) is 37.3 Å². The van der Waals surface area contributed by atoms with Gasteiger partial charge >= 0.3 is 0 Å². The molecule has 7 nitrogen and oxygen atoms in total. The number of carbonyl (C=O) groups excluding carboxylic acids is 2. The van der Waals surface area contributed by atoms with Gasteiger partial charge in [0.25, 0.3) is 0 Å². The van der Waals surface area contributed by atoms with E-state index in [0.29, 0.717) is 16.3 Å². The topological polar surface area (TPSA) is 86.8 Å². The highest BCUT2D eigenvalue weighted by Gasteiger charge is 2.32. The van der Waals surface area contributed by atoms with Crippen LogP contribution in [0.5, 0.6) is 0 Å². The number of halogens is 1. The summed E-state index contributed by atoms with van der Waals surface area (Å²) in [7, 11) is -3.77. The third-order valence-electron chi connectivity index (χ3n) is 6.69. The number of sulfonamides is 1. The number of anilines is 1. The summed E-state index contributed by atoms with van der Waals surface area (Å²) < 4.78 is 26.6. The van der Waals surface area contributed by atoms with Gasteiger partial charge in [0.2, 0.25) is 21.8 Å². The van der Waals surface area contributed by atoms with Crippen molar-refractivity contribution < 1.29 is 18.0 Å². The Balaban J connectivity index is 1.92. The predicted octanol–water partition coefficient (Wildman–Crippen LogP) is 4.20. The first-order valence-electron chi connectivity index (χ1n) is 11.9. The largest absolute Gasteiger partial charge is 0.352 e. The summed E-state index contributed by atoms with van der Waals surface area (Å²) in [6, 6.07) is 11.8. The molecule has 2 aromatic carbocycles. The van der Waals surface area contributed by atoms with Crippen LogP contribution in [0.4, 0.5) is 5.69 Å². The molecule has 2 amide bonds. The number of rotatable bonds is 9. The Labute approximate surface area is 213 Å². The van der Waals surface area contributed by atoms with Gasteiger partial charge in [0.15, 0.2) is 0 Å². The first kappa shape index (κ1) is 27.0. The van der Waals surface area contributed by atoms with Gasteiger partial charge in [-0.2, -0.15) is 0 Å². The molecule has 0 heterocycles. The number of hydrogen-bond acceptors (Lipinski definition) is 4. The number of benzene rings is 2. The molecule has 2 aromatic rings. The van der Waals surface area contributed by atoms with Crippen LogP contribution in [0.15, 0.2) is 42.5 Å². The van der Waals surface area contributed by atoms with Crippen LogP contribution >= 0.6 is 11.6 Å². The second kappa shape index (κ2) is 11.4. The third-order valence-corrected chi connectivity index (χ3v) is 8.19. The van der Waals surface area contributed by atoms with E-state index < -0.39 is 28.5 Å². The number of nitrogens with one attached hydrogen (secondary N) is 1. The molecule has 0 radical (unpaired) electrons. The van der Waals surface area contributed by atoms with E-state index >= 15 is 0 Å². The fraction of sp³-hybridized carbons (Fsp3) is 0.462. The molecule has 0 spiro atoms. The number of aryl methyl sites for hydroxylation is 1. The highest BCUT2D eigenvalue weighted by molar-refractivity contribution is 7.92. The molecular weight excluding hydrogens is 486 g/mol. The minimum Gasteiger partial charge on any atom is -0.352 e. The summed E-state index contributed by atoms with van der Waals surface area (Å²) in [6.45, 7) is 5.05. The molecule has 1 fully saturated rings. The van der Waals surface area contributed by atoms with Gasteiger partial charge in [0.05, 0.1) is 11.9 Å². The van der Waals surface area contributed by atoms with E-state index in [-0.39, 0.29) is 18.5 Å². The summed E-state index contributed by atoms with van der Waals surface area (Å²) in [6.07, 6.45) is 5.06. The summed E-state index contributed by atoms with van der Waals surface area (Å²) in [4.78, 5) is 28.2. The van der Waals surface area contributed by atoms with Crippen LogP contribution in [0.25, 0.3) is 0 Å². The Bertz CT molecular complexity index is 1180. The third kappa shape index (κ3) is 6.76. The molecule has 190 valence electrons. The Kier molecular flexibility index (Phi) is 8.83. The molecular formula is C26H34ClN3O4S. The average molecular weight is 520 g/mol. The van der Waals surface area contributed by atoms with Crippen LogP contribution < -0.4 is 9.62 Å². The van der Waals surface area contributed by atoms with Gasteiger partial charge in [-0.25, -0.2) is 8.42 Å². The van der Waals surface area contributed by atoms with Crippen molar-refractivity contribution in [2.45, 2.75) is 65.1 Å². The second-order valence-electron chi connectivity index (χ2n) is 9.27. The van der Waals surface area contributed by atoms with Crippen molar-refractivity contribution in [2.24, 2.45) is 0 Å². The van der Waals surface area contributed by atoms with Gasteiger partial charge in [-0.05, 0) is 62.4 Å². The lowest BCUT2D eigenvalue weighted by molar-refractivity contribution is -0.139. The highest BCUT2D eigenvalue weighted by atomic mass is 35.5. The molecule has 0 saturated heterocycles. The van der Waals surface area contributed by atoms with E-state index in [2.05, 4.69) is 5.32 Å². The number of amides is 2. The van der Waals surface area contributed by atoms with Gasteiger partial charge in [-0.1, -0.05) is 54.8 Å². The van der Waals surface area contributed by atoms with E-state index in [0.717, 1.165) is 47.4 Å². The van der Waals surface area contributed by atoms with Gasteiger partial charge < -0.3 is 10.2 Å². The number of hydrogen-bond donors (Lipinski definition) is 1. The maximum atomic E-state index is 13.7. The highest BCUT2D eigenvalue weighted by Crippen LogP contribution is 2.26. The predicted molar refractivity (Wildman–Crippen MR) is 140 cm³/mol. The standard InChI is InChI=1S/C26H34ClN3O4S/c1-18-10-9-15-24(19(18)2)30(35(4,33)34)17-25(31)29(16-21-11-5-8-14-23(21)27)20(3)26(32)28-22-12-6-7-13-22/h5,8-11,14-15,20,22H,6-7,12-13,16-17H2,1-4H3,(H,28,32). The lowest BCUT2D eigenvalue weighted by Crippen LogP contribution is -2.52. The number of nitrogens with zero attached hydrogens (tertiary/aromatic N) is 2. The zero-order valence-electron chi connectivity index (χ0n) is 20.8. The van der Waals surface area contributed by atoms with Gasteiger partial charge in [-0.15, -0.1) is 0 Å². The monoisotopic (exact) mass is 519 g/mol. The van der Waals surface area contributed by atoms with Crippen molar-refractivity contribution in [1.82, 2.24) is 10.2 Å². The number of carbonyl (C=O) groups is 2. The molecule has 1 saturated carbocycles. The molecule has 1 aliphatic rings. The van der Waals surface area contributed by atoms with Crippen LogP contribution in [-0.4, -0.2) is 50.0 Å². The second-order valence-corrected chi connectivity index (χ2v) is 11.6. The summed E-state index contributed by atoms with van der Waals surface area (Å²) in [5, 5.41) is 3.52. The normalized spacial score (nSPS) is 15.0.